The van der Waals surface area contributed by atoms with E-state index in [1.165, 1.54) is 40.8 Å². The first-order valence-electron chi connectivity index (χ1n) is 15.4. The molecular formula is C36H47N3O2S2. The number of benzene rings is 2. The number of hydrogen-bond acceptors (Lipinski definition) is 6. The van der Waals surface area contributed by atoms with Crippen molar-refractivity contribution in [3.63, 3.8) is 0 Å². The van der Waals surface area contributed by atoms with E-state index < -0.39 is 5.97 Å². The van der Waals surface area contributed by atoms with Gasteiger partial charge in [0.05, 0.1) is 18.8 Å². The summed E-state index contributed by atoms with van der Waals surface area (Å²) in [6, 6.07) is 20.6. The van der Waals surface area contributed by atoms with Crippen molar-refractivity contribution in [2.45, 2.75) is 98.3 Å². The molecular weight excluding hydrogens is 571 g/mol. The van der Waals surface area contributed by atoms with Crippen molar-refractivity contribution in [3.8, 4) is 11.1 Å². The number of thiophene rings is 1. The van der Waals surface area contributed by atoms with Crippen LogP contribution in [0.2, 0.25) is 0 Å². The maximum atomic E-state index is 11.6. The first-order chi connectivity index (χ1) is 20.5. The van der Waals surface area contributed by atoms with Crippen molar-refractivity contribution < 1.29 is 9.90 Å². The van der Waals surface area contributed by atoms with E-state index in [2.05, 4.69) is 119 Å². The van der Waals surface area contributed by atoms with Gasteiger partial charge < -0.3 is 10.0 Å². The summed E-state index contributed by atoms with van der Waals surface area (Å²) >= 11 is 3.29. The summed E-state index contributed by atoms with van der Waals surface area (Å²) in [5, 5.41) is 14.8. The number of thiazole rings is 1. The van der Waals surface area contributed by atoms with E-state index in [1.807, 2.05) is 4.90 Å². The lowest BCUT2D eigenvalue weighted by Gasteiger charge is -2.30. The number of nitrogens with zero attached hydrogens (tertiary/aromatic N) is 3. The zero-order valence-electron chi connectivity index (χ0n) is 26.8. The highest BCUT2D eigenvalue weighted by molar-refractivity contribution is 7.10. The fraction of sp³-hybridized carbons (Fsp3) is 0.444. The van der Waals surface area contributed by atoms with Crippen LogP contribution in [0.25, 0.3) is 11.1 Å². The van der Waals surface area contributed by atoms with Crippen LogP contribution in [0.4, 0.5) is 5.69 Å². The van der Waals surface area contributed by atoms with Crippen LogP contribution in [0.15, 0.2) is 65.4 Å². The second-order valence-corrected chi connectivity index (χ2v) is 14.7. The molecule has 0 aliphatic rings. The molecule has 0 saturated heterocycles. The van der Waals surface area contributed by atoms with E-state index in [0.717, 1.165) is 22.1 Å². The van der Waals surface area contributed by atoms with Crippen LogP contribution in [0, 0.1) is 0 Å². The molecule has 0 bridgehead atoms. The summed E-state index contributed by atoms with van der Waals surface area (Å²) in [5.41, 5.74) is 7.35. The van der Waals surface area contributed by atoms with Crippen LogP contribution < -0.4 is 4.90 Å². The summed E-state index contributed by atoms with van der Waals surface area (Å²) in [4.78, 5) is 22.0. The van der Waals surface area contributed by atoms with Gasteiger partial charge in [-0.25, -0.2) is 4.98 Å². The predicted octanol–water partition coefficient (Wildman–Crippen LogP) is 9.57. The summed E-state index contributed by atoms with van der Waals surface area (Å²) in [6.45, 7) is 17.4. The topological polar surface area (TPSA) is 56.7 Å². The highest BCUT2D eigenvalue weighted by Gasteiger charge is 2.20. The molecule has 0 spiro atoms. The molecule has 7 heteroatoms. The third kappa shape index (κ3) is 9.01. The van der Waals surface area contributed by atoms with Crippen molar-refractivity contribution in [2.24, 2.45) is 0 Å². The molecule has 0 aliphatic heterocycles. The molecule has 2 heterocycles. The predicted molar refractivity (Wildman–Crippen MR) is 183 cm³/mol. The SMILES string of the molecule is CCC(CC)c1ccc(N(Cc2ccc(-c3csc(CN(CC(=O)O)Cc4nc(C(C)(C)C)cs4)c3)cc2)C(C)C)cc1. The molecule has 1 N–H and O–H groups in total. The number of carboxylic acids is 1. The van der Waals surface area contributed by atoms with Gasteiger partial charge in [-0.2, -0.15) is 0 Å². The fourth-order valence-electron chi connectivity index (χ4n) is 5.38. The molecule has 4 aromatic rings. The van der Waals surface area contributed by atoms with Gasteiger partial charge >= 0.3 is 5.97 Å². The van der Waals surface area contributed by atoms with Gasteiger partial charge in [0.1, 0.15) is 5.01 Å². The van der Waals surface area contributed by atoms with Crippen LogP contribution in [0.1, 0.15) is 93.9 Å². The fourth-order valence-corrected chi connectivity index (χ4v) is 7.38. The Kier molecular flexibility index (Phi) is 11.2. The van der Waals surface area contributed by atoms with E-state index in [0.29, 0.717) is 25.0 Å². The number of carboxylic acid groups (broad SMARTS) is 1. The Morgan fingerprint density at radius 1 is 0.884 bits per heavy atom. The van der Waals surface area contributed by atoms with Gasteiger partial charge in [-0.1, -0.05) is 71.0 Å². The summed E-state index contributed by atoms with van der Waals surface area (Å²) in [5.74, 6) is -0.191. The Morgan fingerprint density at radius 3 is 2.12 bits per heavy atom. The molecule has 2 aromatic heterocycles. The van der Waals surface area contributed by atoms with Crippen LogP contribution in [-0.4, -0.2) is 33.5 Å². The number of aliphatic carboxylic acids is 1. The van der Waals surface area contributed by atoms with Gasteiger partial charge in [0.15, 0.2) is 0 Å². The Balaban J connectivity index is 1.42. The molecule has 0 aliphatic carbocycles. The Hall–Kier alpha value is -3.00. The molecule has 0 saturated carbocycles. The average Bonchev–Trinajstić information content (AvgIpc) is 3.63. The van der Waals surface area contributed by atoms with Crippen molar-refractivity contribution in [1.29, 1.82) is 0 Å². The van der Waals surface area contributed by atoms with Gasteiger partial charge in [-0.3, -0.25) is 9.69 Å². The van der Waals surface area contributed by atoms with E-state index in [4.69, 9.17) is 4.98 Å². The minimum atomic E-state index is -0.822. The smallest absolute Gasteiger partial charge is 0.317 e. The lowest BCUT2D eigenvalue weighted by atomic mass is 9.93. The zero-order chi connectivity index (χ0) is 31.1. The minimum Gasteiger partial charge on any atom is -0.480 e. The van der Waals surface area contributed by atoms with Crippen molar-refractivity contribution >= 4 is 34.3 Å². The summed E-state index contributed by atoms with van der Waals surface area (Å²) < 4.78 is 0. The van der Waals surface area contributed by atoms with Crippen LogP contribution >= 0.6 is 22.7 Å². The second kappa shape index (κ2) is 14.7. The van der Waals surface area contributed by atoms with Crippen molar-refractivity contribution in [3.05, 3.63) is 92.1 Å². The van der Waals surface area contributed by atoms with Gasteiger partial charge in [0.2, 0.25) is 0 Å². The number of hydrogen-bond donors (Lipinski definition) is 1. The van der Waals surface area contributed by atoms with Crippen molar-refractivity contribution in [2.75, 3.05) is 11.4 Å². The number of carbonyl (C=O) groups is 1. The molecule has 0 unspecified atom stereocenters. The van der Waals surface area contributed by atoms with E-state index in [1.54, 1.807) is 22.7 Å². The zero-order valence-corrected chi connectivity index (χ0v) is 28.4. The number of aromatic nitrogens is 1. The quantitative estimate of drug-likeness (QED) is 0.153. The molecule has 0 fully saturated rings. The molecule has 43 heavy (non-hydrogen) atoms. The molecule has 5 nitrogen and oxygen atoms in total. The van der Waals surface area contributed by atoms with Crippen LogP contribution in [-0.2, 0) is 29.8 Å². The molecule has 4 rings (SSSR count). The summed E-state index contributed by atoms with van der Waals surface area (Å²) in [7, 11) is 0. The molecule has 230 valence electrons. The normalized spacial score (nSPS) is 12.0. The highest BCUT2D eigenvalue weighted by Crippen LogP contribution is 2.30. The van der Waals surface area contributed by atoms with Gasteiger partial charge in [-0.15, -0.1) is 22.7 Å². The lowest BCUT2D eigenvalue weighted by Crippen LogP contribution is -2.30. The molecule has 0 amide bonds. The number of anilines is 1. The molecule has 0 atom stereocenters. The minimum absolute atomic E-state index is 0.0147. The van der Waals surface area contributed by atoms with Crippen molar-refractivity contribution in [1.82, 2.24) is 9.88 Å². The van der Waals surface area contributed by atoms with E-state index in [9.17, 15) is 9.90 Å². The third-order valence-corrected chi connectivity index (χ3v) is 9.77. The average molecular weight is 618 g/mol. The van der Waals surface area contributed by atoms with Crippen LogP contribution in [0.5, 0.6) is 0 Å². The summed E-state index contributed by atoms with van der Waals surface area (Å²) in [6.07, 6.45) is 2.35. The first kappa shape index (κ1) is 32.9. The monoisotopic (exact) mass is 617 g/mol. The third-order valence-electron chi connectivity index (χ3n) is 8.02. The largest absolute Gasteiger partial charge is 0.480 e. The maximum absolute atomic E-state index is 11.6. The van der Waals surface area contributed by atoms with E-state index >= 15 is 0 Å². The Labute approximate surface area is 266 Å². The Morgan fingerprint density at radius 2 is 1.56 bits per heavy atom. The van der Waals surface area contributed by atoms with Gasteiger partial charge in [0.25, 0.3) is 0 Å². The maximum Gasteiger partial charge on any atom is 0.317 e. The lowest BCUT2D eigenvalue weighted by molar-refractivity contribution is -0.138. The Bertz CT molecular complexity index is 1440. The van der Waals surface area contributed by atoms with Gasteiger partial charge in [-0.05, 0) is 78.4 Å². The van der Waals surface area contributed by atoms with Gasteiger partial charge in [0, 0.05) is 40.5 Å². The number of rotatable bonds is 14. The second-order valence-electron chi connectivity index (χ2n) is 12.7. The van der Waals surface area contributed by atoms with E-state index in [-0.39, 0.29) is 12.0 Å². The molecule has 2 aromatic carbocycles. The van der Waals surface area contributed by atoms with Crippen LogP contribution in [0.3, 0.4) is 0 Å². The molecule has 0 radical (unpaired) electrons. The first-order valence-corrected chi connectivity index (χ1v) is 17.1. The standard InChI is InChI=1S/C36H47N3O2S2/c1-8-27(9-2)28-14-16-31(17-15-28)39(25(3)4)19-26-10-12-29(13-11-26)30-18-32(42-23-30)20-38(22-35(40)41)21-34-37-33(24-43-34)36(5,6)7/h10-18,23-25,27H,8-9,19-22H2,1-7H3,(H,40,41). The highest BCUT2D eigenvalue weighted by atomic mass is 32.1.